The van der Waals surface area contributed by atoms with Crippen LogP contribution in [0.2, 0.25) is 0 Å². The first kappa shape index (κ1) is 33.2. The molecule has 0 saturated heterocycles. The average molecular weight is 716 g/mol. The van der Waals surface area contributed by atoms with Gasteiger partial charge in [-0.1, -0.05) is 0 Å². The molecule has 6 aliphatic rings. The first-order valence-electron chi connectivity index (χ1n) is 17.8. The van der Waals surface area contributed by atoms with Crippen molar-refractivity contribution in [1.29, 1.82) is 0 Å². The van der Waals surface area contributed by atoms with Gasteiger partial charge in [-0.2, -0.15) is 0 Å². The van der Waals surface area contributed by atoms with Gasteiger partial charge in [-0.15, -0.1) is 0 Å². The fraction of sp³-hybridized carbons (Fsp3) is 0.943. The van der Waals surface area contributed by atoms with E-state index in [0.717, 1.165) is 28.3 Å². The Morgan fingerprint density at radius 2 is 0.950 bits per heavy atom. The summed E-state index contributed by atoms with van der Waals surface area (Å²) in [6.45, 7) is 4.91. The van der Waals surface area contributed by atoms with E-state index >= 15 is 0 Å². The predicted molar refractivity (Wildman–Crippen MR) is 181 cm³/mol. The molecule has 5 heteroatoms. The number of allylic oxidation sites excluding steroid dienone is 2. The van der Waals surface area contributed by atoms with Crippen LogP contribution in [0.5, 0.6) is 0 Å². The van der Waals surface area contributed by atoms with Crippen molar-refractivity contribution in [2.24, 2.45) is 0 Å². The van der Waals surface area contributed by atoms with E-state index in [1.165, 1.54) is 154 Å². The zero-order valence-corrected chi connectivity index (χ0v) is 31.1. The van der Waals surface area contributed by atoms with Gasteiger partial charge >= 0.3 is 254 Å². The first-order chi connectivity index (χ1) is 18.9. The number of hydrogen-bond donors (Lipinski definition) is 0. The molecular weight excluding hydrogens is 654 g/mol. The van der Waals surface area contributed by atoms with Crippen LogP contribution < -0.4 is 0 Å². The van der Waals surface area contributed by atoms with Crippen molar-refractivity contribution in [2.75, 3.05) is 0 Å². The molecule has 0 aromatic rings. The molecule has 6 aliphatic carbocycles. The molecule has 1 atom stereocenters. The maximum absolute atomic E-state index is 9.47. The molecule has 0 heterocycles. The Balaban J connectivity index is 0.00000323. The van der Waals surface area contributed by atoms with E-state index in [2.05, 4.69) is 19.9 Å². The second-order valence-electron chi connectivity index (χ2n) is 15.6. The molecule has 0 aromatic carbocycles. The molecule has 0 radical (unpaired) electrons. The minimum absolute atomic E-state index is 0. The molecule has 0 N–H and O–H groups in total. The van der Waals surface area contributed by atoms with Crippen molar-refractivity contribution >= 4 is 36.1 Å². The van der Waals surface area contributed by atoms with Crippen LogP contribution in [0, 0.1) is 0 Å². The van der Waals surface area contributed by atoms with Gasteiger partial charge in [0.1, 0.15) is 0 Å². The Bertz CT molecular complexity index is 807. The molecule has 0 nitrogen and oxygen atoms in total. The second kappa shape index (κ2) is 13.3. The summed E-state index contributed by atoms with van der Waals surface area (Å²) in [7, 11) is -1.42. The van der Waals surface area contributed by atoms with Gasteiger partial charge in [0, 0.05) is 19.5 Å². The molecule has 0 aromatic heterocycles. The molecule has 0 aliphatic heterocycles. The third-order valence-corrected chi connectivity index (χ3v) is 35.6. The van der Waals surface area contributed by atoms with Crippen LogP contribution in [0.1, 0.15) is 168 Å². The summed E-state index contributed by atoms with van der Waals surface area (Å²) >= 11 is 18.0. The summed E-state index contributed by atoms with van der Waals surface area (Å²) in [4.78, 5) is 0. The summed E-state index contributed by atoms with van der Waals surface area (Å²) in [5, 5.41) is 0.672. The van der Waals surface area contributed by atoms with E-state index in [1.54, 1.807) is 5.57 Å². The Morgan fingerprint density at radius 1 is 0.625 bits per heavy atom. The third-order valence-electron chi connectivity index (χ3n) is 13.7. The molecule has 1 unspecified atom stereocenters. The van der Waals surface area contributed by atoms with Crippen molar-refractivity contribution in [3.8, 4) is 0 Å². The summed E-state index contributed by atoms with van der Waals surface area (Å²) in [6, 6.07) is 0. The second-order valence-corrected chi connectivity index (χ2v) is 29.1. The largest absolute Gasteiger partial charge is 0 e. The topological polar surface area (TPSA) is 0 Å². The Labute approximate surface area is 271 Å². The van der Waals surface area contributed by atoms with Crippen molar-refractivity contribution < 1.29 is 19.5 Å². The summed E-state index contributed by atoms with van der Waals surface area (Å²) in [5.41, 5.74) is 6.04. The number of hydrogen-bond acceptors (Lipinski definition) is 0. The van der Waals surface area contributed by atoms with Crippen LogP contribution >= 0.6 is 36.1 Å². The van der Waals surface area contributed by atoms with Crippen LogP contribution in [0.25, 0.3) is 0 Å². The van der Waals surface area contributed by atoms with Gasteiger partial charge in [0.05, 0.1) is 0 Å². The van der Waals surface area contributed by atoms with Crippen molar-refractivity contribution in [3.05, 3.63) is 11.6 Å². The molecule has 6 saturated carbocycles. The summed E-state index contributed by atoms with van der Waals surface area (Å²) in [5.74, 6) is -2.98. The average Bonchev–Trinajstić information content (AvgIpc) is 3.75. The maximum Gasteiger partial charge on any atom is 0 e. The van der Waals surface area contributed by atoms with E-state index < -0.39 is 13.2 Å². The van der Waals surface area contributed by atoms with Crippen LogP contribution in [0.15, 0.2) is 11.6 Å². The summed E-state index contributed by atoms with van der Waals surface area (Å²) in [6.07, 6.45) is 37.5. The van der Waals surface area contributed by atoms with E-state index in [-0.39, 0.29) is 24.1 Å². The van der Waals surface area contributed by atoms with Crippen molar-refractivity contribution in [2.45, 2.75) is 206 Å². The summed E-state index contributed by atoms with van der Waals surface area (Å²) < 4.78 is -0.102. The van der Waals surface area contributed by atoms with Crippen LogP contribution in [0.4, 0.5) is 0 Å². The van der Waals surface area contributed by atoms with E-state index in [9.17, 15) is 11.2 Å². The fourth-order valence-corrected chi connectivity index (χ4v) is 39.4. The molecule has 40 heavy (non-hydrogen) atoms. The van der Waals surface area contributed by atoms with Crippen LogP contribution in [0.3, 0.4) is 0 Å². The zero-order valence-electron chi connectivity index (χ0n) is 26.0. The normalized spacial score (nSPS) is 29.6. The fourth-order valence-electron chi connectivity index (χ4n) is 12.5. The van der Waals surface area contributed by atoms with Crippen LogP contribution in [-0.2, 0) is 19.5 Å². The molecule has 0 amide bonds. The van der Waals surface area contributed by atoms with Gasteiger partial charge in [0.2, 0.25) is 0 Å². The van der Waals surface area contributed by atoms with Crippen molar-refractivity contribution in [3.63, 3.8) is 0 Å². The quantitative estimate of drug-likeness (QED) is 0.0965. The molecule has 6 rings (SSSR count). The van der Waals surface area contributed by atoms with Gasteiger partial charge in [-0.25, -0.2) is 0 Å². The Kier molecular flexibility index (Phi) is 11.0. The first-order valence-corrected chi connectivity index (χ1v) is 23.6. The Hall–Kier alpha value is 1.80. The van der Waals surface area contributed by atoms with Gasteiger partial charge in [-0.3, -0.25) is 0 Å². The maximum atomic E-state index is 9.47. The third kappa shape index (κ3) is 4.97. The number of alkyl halides is 1. The molecule has 232 valence electrons. The smallest absolute Gasteiger partial charge is 0 e. The van der Waals surface area contributed by atoms with E-state index in [0.29, 0.717) is 5.40 Å². The SMILES string of the molecule is CC(C)=CC([P+](C1CCCC1)(C1CCCC1)C1CCCC1)P(Cl)(C1CCCC1)(C1CCCC1)C1(Cl)CCCC1.[Ru]. The minimum atomic E-state index is -2.98. The monoisotopic (exact) mass is 715 g/mol. The molecular formula is C35H61Cl2P2Ru+. The van der Waals surface area contributed by atoms with Gasteiger partial charge in [-0.05, 0) is 0 Å². The minimum Gasteiger partial charge on any atom is 0 e. The van der Waals surface area contributed by atoms with Gasteiger partial charge in [0.25, 0.3) is 0 Å². The molecule has 0 bridgehead atoms. The number of rotatable bonds is 9. The predicted octanol–water partition coefficient (Wildman–Crippen LogP) is 13.2. The molecule has 0 spiro atoms. The van der Waals surface area contributed by atoms with Crippen molar-refractivity contribution in [1.82, 2.24) is 0 Å². The zero-order chi connectivity index (χ0) is 27.2. The van der Waals surface area contributed by atoms with E-state index in [1.807, 2.05) is 0 Å². The Morgan fingerprint density at radius 3 is 1.27 bits per heavy atom. The van der Waals surface area contributed by atoms with Crippen LogP contribution in [-0.4, -0.2) is 38.3 Å². The van der Waals surface area contributed by atoms with Gasteiger partial charge < -0.3 is 0 Å². The van der Waals surface area contributed by atoms with Gasteiger partial charge in [0.15, 0.2) is 0 Å². The number of halogens is 2. The molecule has 6 fully saturated rings. The standard InChI is InChI=1S/C35H61Cl2P2.Ru/c1-28(2)27-34(38(29-15-3-4-16-29,30-17-5-6-18-30)31-19-7-8-20-31)39(37,32-21-9-10-22-32,33-23-11-12-24-33)35(36)25-13-14-26-35;/h27,29-34H,3-26H2,1-2H3;/q+1;. The van der Waals surface area contributed by atoms with E-state index in [4.69, 9.17) is 11.6 Å².